The topological polar surface area (TPSA) is 53.1 Å². The lowest BCUT2D eigenvalue weighted by Crippen LogP contribution is -2.48. The number of carbonyl (C=O) groups is 2. The molecular weight excluding hydrogens is 414 g/mol. The Balaban J connectivity index is 1.21. The van der Waals surface area contributed by atoms with E-state index in [0.717, 1.165) is 65.1 Å². The number of carbonyl (C=O) groups excluding carboxylic acids is 2. The van der Waals surface area contributed by atoms with E-state index in [4.69, 9.17) is 4.74 Å². The summed E-state index contributed by atoms with van der Waals surface area (Å²) in [6.45, 7) is 5.91. The Kier molecular flexibility index (Phi) is 8.00. The maximum Gasteiger partial charge on any atom is 0.253 e. The van der Waals surface area contributed by atoms with E-state index in [1.54, 1.807) is 13.2 Å². The number of rotatable bonds is 7. The number of benzene rings is 2. The van der Waals surface area contributed by atoms with Crippen LogP contribution in [0, 0.1) is 5.92 Å². The minimum atomic E-state index is 0.0551. The average Bonchev–Trinajstić information content (AvgIpc) is 2.88. The summed E-state index contributed by atoms with van der Waals surface area (Å²) in [4.78, 5) is 32.2. The van der Waals surface area contributed by atoms with Crippen molar-refractivity contribution in [2.24, 2.45) is 5.92 Å². The average molecular weight is 450 g/mol. The third kappa shape index (κ3) is 6.35. The zero-order valence-electron chi connectivity index (χ0n) is 19.6. The van der Waals surface area contributed by atoms with E-state index in [1.165, 1.54) is 5.56 Å². The highest BCUT2D eigenvalue weighted by atomic mass is 16.5. The molecule has 2 aromatic rings. The second-order valence-electron chi connectivity index (χ2n) is 9.17. The van der Waals surface area contributed by atoms with Gasteiger partial charge in [-0.2, -0.15) is 0 Å². The zero-order chi connectivity index (χ0) is 23.0. The Hall–Kier alpha value is -2.86. The molecule has 0 bridgehead atoms. The molecule has 0 aromatic heterocycles. The van der Waals surface area contributed by atoms with E-state index >= 15 is 0 Å². The van der Waals surface area contributed by atoms with Gasteiger partial charge in [-0.25, -0.2) is 0 Å². The van der Waals surface area contributed by atoms with Gasteiger partial charge in [0.25, 0.3) is 5.91 Å². The molecule has 4 rings (SSSR count). The maximum absolute atomic E-state index is 13.0. The van der Waals surface area contributed by atoms with Crippen LogP contribution in [-0.2, 0) is 11.3 Å². The predicted octanol–water partition coefficient (Wildman–Crippen LogP) is 3.67. The number of amides is 2. The van der Waals surface area contributed by atoms with Crippen molar-refractivity contribution in [1.82, 2.24) is 14.7 Å². The molecule has 0 aliphatic carbocycles. The zero-order valence-corrected chi connectivity index (χ0v) is 19.6. The number of nitrogens with zero attached hydrogens (tertiary/aromatic N) is 3. The Bertz CT molecular complexity index is 925. The van der Waals surface area contributed by atoms with Gasteiger partial charge >= 0.3 is 0 Å². The van der Waals surface area contributed by atoms with Gasteiger partial charge in [-0.3, -0.25) is 14.5 Å². The molecule has 2 saturated heterocycles. The van der Waals surface area contributed by atoms with Crippen LogP contribution in [0.25, 0.3) is 0 Å². The molecule has 6 heteroatoms. The minimum absolute atomic E-state index is 0.0551. The van der Waals surface area contributed by atoms with E-state index < -0.39 is 0 Å². The molecule has 2 aliphatic rings. The first-order chi connectivity index (χ1) is 16.1. The highest BCUT2D eigenvalue weighted by molar-refractivity contribution is 5.94. The van der Waals surface area contributed by atoms with Crippen molar-refractivity contribution in [1.29, 1.82) is 0 Å². The fourth-order valence-corrected chi connectivity index (χ4v) is 4.91. The molecule has 1 unspecified atom stereocenters. The Morgan fingerprint density at radius 3 is 2.48 bits per heavy atom. The molecule has 0 saturated carbocycles. The van der Waals surface area contributed by atoms with Crippen molar-refractivity contribution < 1.29 is 14.3 Å². The second-order valence-corrected chi connectivity index (χ2v) is 9.17. The van der Waals surface area contributed by atoms with Crippen molar-refractivity contribution >= 4 is 11.8 Å². The summed E-state index contributed by atoms with van der Waals surface area (Å²) < 4.78 is 5.26. The lowest BCUT2D eigenvalue weighted by molar-refractivity contribution is -0.133. The van der Waals surface area contributed by atoms with Crippen molar-refractivity contribution in [3.05, 3.63) is 65.7 Å². The normalized spacial score (nSPS) is 19.4. The first-order valence-corrected chi connectivity index (χ1v) is 12.1. The smallest absolute Gasteiger partial charge is 0.253 e. The van der Waals surface area contributed by atoms with Gasteiger partial charge in [0.1, 0.15) is 5.75 Å². The third-order valence-electron chi connectivity index (χ3n) is 6.86. The van der Waals surface area contributed by atoms with Crippen LogP contribution in [-0.4, -0.2) is 72.9 Å². The van der Waals surface area contributed by atoms with E-state index in [9.17, 15) is 9.59 Å². The Morgan fingerprint density at radius 2 is 1.73 bits per heavy atom. The van der Waals surface area contributed by atoms with Crippen LogP contribution in [0.1, 0.15) is 41.6 Å². The van der Waals surface area contributed by atoms with E-state index in [-0.39, 0.29) is 11.8 Å². The summed E-state index contributed by atoms with van der Waals surface area (Å²) in [5, 5.41) is 0. The molecule has 2 aromatic carbocycles. The summed E-state index contributed by atoms with van der Waals surface area (Å²) in [6, 6.07) is 17.9. The summed E-state index contributed by atoms with van der Waals surface area (Å²) in [7, 11) is 1.61. The molecule has 2 heterocycles. The molecule has 0 radical (unpaired) electrons. The molecule has 0 spiro atoms. The molecule has 33 heavy (non-hydrogen) atoms. The lowest BCUT2D eigenvalue weighted by Gasteiger charge is -2.36. The van der Waals surface area contributed by atoms with Gasteiger partial charge in [0.05, 0.1) is 7.11 Å². The van der Waals surface area contributed by atoms with Gasteiger partial charge in [0.15, 0.2) is 0 Å². The second kappa shape index (κ2) is 11.3. The Morgan fingerprint density at radius 1 is 0.939 bits per heavy atom. The number of piperazine rings is 1. The molecule has 2 amide bonds. The van der Waals surface area contributed by atoms with Gasteiger partial charge in [0, 0.05) is 57.8 Å². The van der Waals surface area contributed by atoms with Crippen molar-refractivity contribution in [2.45, 2.75) is 32.2 Å². The van der Waals surface area contributed by atoms with Gasteiger partial charge in [-0.05, 0) is 48.9 Å². The molecule has 1 atom stereocenters. The monoisotopic (exact) mass is 449 g/mol. The number of methoxy groups -OCH3 is 1. The van der Waals surface area contributed by atoms with Crippen molar-refractivity contribution in [2.75, 3.05) is 46.4 Å². The van der Waals surface area contributed by atoms with Crippen LogP contribution in [0.2, 0.25) is 0 Å². The molecular formula is C27H35N3O3. The lowest BCUT2D eigenvalue weighted by atomic mass is 9.92. The molecule has 2 fully saturated rings. The van der Waals surface area contributed by atoms with E-state index in [2.05, 4.69) is 29.2 Å². The van der Waals surface area contributed by atoms with E-state index in [0.29, 0.717) is 23.7 Å². The summed E-state index contributed by atoms with van der Waals surface area (Å²) in [5.41, 5.74) is 1.99. The van der Waals surface area contributed by atoms with Crippen LogP contribution in [0.3, 0.4) is 0 Å². The maximum atomic E-state index is 13.0. The first kappa shape index (κ1) is 23.3. The molecule has 6 nitrogen and oxygen atoms in total. The first-order valence-electron chi connectivity index (χ1n) is 12.1. The van der Waals surface area contributed by atoms with Gasteiger partial charge < -0.3 is 14.5 Å². The quantitative estimate of drug-likeness (QED) is 0.647. The summed E-state index contributed by atoms with van der Waals surface area (Å²) >= 11 is 0. The molecule has 176 valence electrons. The van der Waals surface area contributed by atoms with Crippen LogP contribution < -0.4 is 4.74 Å². The minimum Gasteiger partial charge on any atom is -0.497 e. The SMILES string of the molecule is COc1cccc(C(=O)N2CCCC(CCC(=O)N3CCN(Cc4ccccc4)CC3)C2)c1. The van der Waals surface area contributed by atoms with Gasteiger partial charge in [0.2, 0.25) is 5.91 Å². The molecule has 0 N–H and O–H groups in total. The van der Waals surface area contributed by atoms with Crippen LogP contribution in [0.4, 0.5) is 0 Å². The third-order valence-corrected chi connectivity index (χ3v) is 6.86. The van der Waals surface area contributed by atoms with Crippen LogP contribution >= 0.6 is 0 Å². The summed E-state index contributed by atoms with van der Waals surface area (Å²) in [6.07, 6.45) is 3.50. The largest absolute Gasteiger partial charge is 0.497 e. The number of piperidine rings is 1. The fraction of sp³-hybridized carbons (Fsp3) is 0.481. The van der Waals surface area contributed by atoms with Gasteiger partial charge in [-0.15, -0.1) is 0 Å². The van der Waals surface area contributed by atoms with Crippen molar-refractivity contribution in [3.63, 3.8) is 0 Å². The molecule has 2 aliphatic heterocycles. The Labute approximate surface area is 197 Å². The highest BCUT2D eigenvalue weighted by Gasteiger charge is 2.27. The number of likely N-dealkylation sites (tertiary alicyclic amines) is 1. The summed E-state index contributed by atoms with van der Waals surface area (Å²) in [5.74, 6) is 1.39. The van der Waals surface area contributed by atoms with Gasteiger partial charge in [-0.1, -0.05) is 36.4 Å². The van der Waals surface area contributed by atoms with Crippen molar-refractivity contribution in [3.8, 4) is 5.75 Å². The number of hydrogen-bond donors (Lipinski definition) is 0. The van der Waals surface area contributed by atoms with Crippen LogP contribution in [0.15, 0.2) is 54.6 Å². The highest BCUT2D eigenvalue weighted by Crippen LogP contribution is 2.24. The number of hydrogen-bond acceptors (Lipinski definition) is 4. The fourth-order valence-electron chi connectivity index (χ4n) is 4.91. The number of ether oxygens (including phenoxy) is 1. The predicted molar refractivity (Wildman–Crippen MR) is 129 cm³/mol. The van der Waals surface area contributed by atoms with E-state index in [1.807, 2.05) is 34.1 Å². The standard InChI is InChI=1S/C27H35N3O3/c1-33-25-11-5-10-24(19-25)27(32)30-14-6-9-23(21-30)12-13-26(31)29-17-15-28(16-18-29)20-22-7-3-2-4-8-22/h2-5,7-8,10-11,19,23H,6,9,12-18,20-21H2,1H3. The van der Waals surface area contributed by atoms with Crippen LogP contribution in [0.5, 0.6) is 5.75 Å².